The molecule has 1 heterocycles. The molecule has 0 saturated carbocycles. The number of piperazine rings is 1. The number of benzene rings is 2. The lowest BCUT2D eigenvalue weighted by Crippen LogP contribution is -2.52. The number of para-hydroxylation sites is 1. The third kappa shape index (κ3) is 3.92. The number of anilines is 1. The Balaban J connectivity index is 1.58. The van der Waals surface area contributed by atoms with E-state index < -0.39 is 17.7 Å². The predicted molar refractivity (Wildman–Crippen MR) is 91.6 cm³/mol. The van der Waals surface area contributed by atoms with E-state index in [1.165, 1.54) is 13.0 Å². The lowest BCUT2D eigenvalue weighted by atomic mass is 10.2. The molecule has 1 aliphatic rings. The molecule has 7 heteroatoms. The molecule has 1 saturated heterocycles. The van der Waals surface area contributed by atoms with E-state index in [-0.39, 0.29) is 17.5 Å². The van der Waals surface area contributed by atoms with Crippen molar-refractivity contribution in [2.24, 2.45) is 0 Å². The fourth-order valence-electron chi connectivity index (χ4n) is 2.94. The lowest BCUT2D eigenvalue weighted by molar-refractivity contribution is -0.138. The molecule has 0 aliphatic carbocycles. The molecule has 0 spiro atoms. The molecule has 0 bridgehead atoms. The molecule has 2 aromatic rings. The van der Waals surface area contributed by atoms with E-state index in [0.717, 1.165) is 12.1 Å². The highest BCUT2D eigenvalue weighted by Gasteiger charge is 2.27. The van der Waals surface area contributed by atoms with E-state index in [1.807, 2.05) is 4.90 Å². The summed E-state index contributed by atoms with van der Waals surface area (Å²) in [6.07, 6.45) is -0.907. The van der Waals surface area contributed by atoms with Gasteiger partial charge in [0, 0.05) is 32.2 Å². The monoisotopic (exact) mass is 364 g/mol. The third-order valence-electron chi connectivity index (χ3n) is 4.33. The molecule has 0 N–H and O–H groups in total. The molecule has 0 unspecified atom stereocenters. The summed E-state index contributed by atoms with van der Waals surface area (Å²) in [6.45, 7) is 3.32. The van der Waals surface area contributed by atoms with Crippen molar-refractivity contribution >= 4 is 11.6 Å². The summed E-state index contributed by atoms with van der Waals surface area (Å²) in [6, 6.07) is 9.44. The molecule has 1 aliphatic heterocycles. The number of carbonyl (C=O) groups excluding carboxylic acids is 1. The van der Waals surface area contributed by atoms with Gasteiger partial charge in [-0.2, -0.15) is 0 Å². The van der Waals surface area contributed by atoms with Crippen molar-refractivity contribution in [3.05, 3.63) is 59.9 Å². The Hall–Kier alpha value is -2.70. The number of amides is 1. The van der Waals surface area contributed by atoms with Gasteiger partial charge < -0.3 is 14.5 Å². The Labute approximate surface area is 149 Å². The van der Waals surface area contributed by atoms with Gasteiger partial charge in [-0.05, 0) is 31.2 Å². The van der Waals surface area contributed by atoms with Crippen LogP contribution in [0.3, 0.4) is 0 Å². The Bertz CT molecular complexity index is 792. The zero-order valence-corrected chi connectivity index (χ0v) is 14.3. The molecule has 2 aromatic carbocycles. The van der Waals surface area contributed by atoms with Crippen LogP contribution in [0.5, 0.6) is 5.75 Å². The predicted octanol–water partition coefficient (Wildman–Crippen LogP) is 3.22. The van der Waals surface area contributed by atoms with Crippen LogP contribution in [0.2, 0.25) is 0 Å². The number of hydrogen-bond acceptors (Lipinski definition) is 3. The first-order valence-corrected chi connectivity index (χ1v) is 8.35. The van der Waals surface area contributed by atoms with Gasteiger partial charge in [0.05, 0.1) is 5.69 Å². The topological polar surface area (TPSA) is 32.8 Å². The van der Waals surface area contributed by atoms with Gasteiger partial charge in [0.2, 0.25) is 0 Å². The van der Waals surface area contributed by atoms with Crippen molar-refractivity contribution < 1.29 is 22.7 Å². The van der Waals surface area contributed by atoms with Crippen molar-refractivity contribution in [2.75, 3.05) is 31.1 Å². The molecular weight excluding hydrogens is 345 g/mol. The Morgan fingerprint density at radius 1 is 1.00 bits per heavy atom. The van der Waals surface area contributed by atoms with Gasteiger partial charge in [0.1, 0.15) is 11.6 Å². The van der Waals surface area contributed by atoms with E-state index in [1.54, 1.807) is 23.1 Å². The van der Waals surface area contributed by atoms with Crippen molar-refractivity contribution in [1.82, 2.24) is 4.90 Å². The van der Waals surface area contributed by atoms with Crippen LogP contribution in [0, 0.1) is 17.5 Å². The van der Waals surface area contributed by atoms with Crippen LogP contribution < -0.4 is 9.64 Å². The average Bonchev–Trinajstić information content (AvgIpc) is 2.64. The largest absolute Gasteiger partial charge is 0.478 e. The number of hydrogen-bond donors (Lipinski definition) is 0. The smallest absolute Gasteiger partial charge is 0.263 e. The van der Waals surface area contributed by atoms with Gasteiger partial charge in [0.15, 0.2) is 17.7 Å². The second kappa shape index (κ2) is 7.68. The van der Waals surface area contributed by atoms with Crippen LogP contribution in [0.1, 0.15) is 6.92 Å². The van der Waals surface area contributed by atoms with Crippen molar-refractivity contribution in [1.29, 1.82) is 0 Å². The molecule has 26 heavy (non-hydrogen) atoms. The SMILES string of the molecule is C[C@@H](Oc1ccc(F)cc1F)C(=O)N1CCN(c2ccccc2F)CC1. The molecule has 138 valence electrons. The number of halogens is 3. The summed E-state index contributed by atoms with van der Waals surface area (Å²) in [5.41, 5.74) is 0.511. The van der Waals surface area contributed by atoms with E-state index in [4.69, 9.17) is 4.74 Å². The minimum absolute atomic E-state index is 0.169. The Kier molecular flexibility index (Phi) is 5.35. The molecule has 4 nitrogen and oxygen atoms in total. The van der Waals surface area contributed by atoms with Gasteiger partial charge in [-0.3, -0.25) is 4.79 Å². The molecule has 1 fully saturated rings. The zero-order valence-electron chi connectivity index (χ0n) is 14.3. The van der Waals surface area contributed by atoms with Crippen LogP contribution in [-0.2, 0) is 4.79 Å². The summed E-state index contributed by atoms with van der Waals surface area (Å²) in [7, 11) is 0. The van der Waals surface area contributed by atoms with Gasteiger partial charge in [-0.15, -0.1) is 0 Å². The maximum absolute atomic E-state index is 13.9. The van der Waals surface area contributed by atoms with Crippen molar-refractivity contribution in [3.63, 3.8) is 0 Å². The van der Waals surface area contributed by atoms with Crippen LogP contribution in [0.15, 0.2) is 42.5 Å². The fraction of sp³-hybridized carbons (Fsp3) is 0.316. The second-order valence-electron chi connectivity index (χ2n) is 6.10. The number of carbonyl (C=O) groups is 1. The maximum atomic E-state index is 13.9. The lowest BCUT2D eigenvalue weighted by Gasteiger charge is -2.37. The van der Waals surface area contributed by atoms with Crippen LogP contribution in [-0.4, -0.2) is 43.1 Å². The quantitative estimate of drug-likeness (QED) is 0.835. The number of ether oxygens (including phenoxy) is 1. The summed E-state index contributed by atoms with van der Waals surface area (Å²) in [5.74, 6) is -2.32. The molecule has 0 aromatic heterocycles. The van der Waals surface area contributed by atoms with Crippen molar-refractivity contribution in [2.45, 2.75) is 13.0 Å². The normalized spacial score (nSPS) is 15.7. The summed E-state index contributed by atoms with van der Waals surface area (Å²) in [4.78, 5) is 16.0. The van der Waals surface area contributed by atoms with E-state index in [0.29, 0.717) is 37.9 Å². The molecular formula is C19H19F3N2O2. The summed E-state index contributed by atoms with van der Waals surface area (Å²) in [5, 5.41) is 0. The average molecular weight is 364 g/mol. The third-order valence-corrected chi connectivity index (χ3v) is 4.33. The Morgan fingerprint density at radius 3 is 2.35 bits per heavy atom. The highest BCUT2D eigenvalue weighted by atomic mass is 19.1. The molecule has 1 amide bonds. The zero-order chi connectivity index (χ0) is 18.7. The maximum Gasteiger partial charge on any atom is 0.263 e. The molecule has 3 rings (SSSR count). The standard InChI is InChI=1S/C19H19F3N2O2/c1-13(26-18-7-6-14(20)12-16(18)22)19(25)24-10-8-23(9-11-24)17-5-3-2-4-15(17)21/h2-7,12-13H,8-11H2,1H3/t13-/m1/s1. The summed E-state index contributed by atoms with van der Waals surface area (Å²) >= 11 is 0. The van der Waals surface area contributed by atoms with E-state index >= 15 is 0 Å². The molecule has 1 atom stereocenters. The number of rotatable bonds is 4. The number of nitrogens with zero attached hydrogens (tertiary/aromatic N) is 2. The summed E-state index contributed by atoms with van der Waals surface area (Å²) < 4.78 is 45.8. The van der Waals surface area contributed by atoms with Gasteiger partial charge in [-0.1, -0.05) is 12.1 Å². The molecule has 0 radical (unpaired) electrons. The first kappa shape index (κ1) is 18.1. The first-order chi connectivity index (χ1) is 12.5. The van der Waals surface area contributed by atoms with Gasteiger partial charge in [0.25, 0.3) is 5.91 Å². The van der Waals surface area contributed by atoms with Crippen molar-refractivity contribution in [3.8, 4) is 5.75 Å². The highest BCUT2D eigenvalue weighted by Crippen LogP contribution is 2.22. The minimum Gasteiger partial charge on any atom is -0.478 e. The highest BCUT2D eigenvalue weighted by molar-refractivity contribution is 5.81. The van der Waals surface area contributed by atoms with Crippen LogP contribution in [0.4, 0.5) is 18.9 Å². The second-order valence-corrected chi connectivity index (χ2v) is 6.10. The first-order valence-electron chi connectivity index (χ1n) is 8.35. The minimum atomic E-state index is -0.907. The van der Waals surface area contributed by atoms with Crippen LogP contribution >= 0.6 is 0 Å². The van der Waals surface area contributed by atoms with E-state index in [9.17, 15) is 18.0 Å². The van der Waals surface area contributed by atoms with Gasteiger partial charge in [-0.25, -0.2) is 13.2 Å². The Morgan fingerprint density at radius 2 is 1.69 bits per heavy atom. The van der Waals surface area contributed by atoms with E-state index in [2.05, 4.69) is 0 Å². The van der Waals surface area contributed by atoms with Gasteiger partial charge >= 0.3 is 0 Å². The fourth-order valence-corrected chi connectivity index (χ4v) is 2.94. The van der Waals surface area contributed by atoms with Crippen LogP contribution in [0.25, 0.3) is 0 Å².